The van der Waals surface area contributed by atoms with Gasteiger partial charge in [-0.3, -0.25) is 15.1 Å². The molecule has 1 amide bonds. The monoisotopic (exact) mass is 441 g/mol. The summed E-state index contributed by atoms with van der Waals surface area (Å²) >= 11 is 0. The Bertz CT molecular complexity index is 1020. The summed E-state index contributed by atoms with van der Waals surface area (Å²) in [6.45, 7) is 7.40. The first-order chi connectivity index (χ1) is 15.2. The lowest BCUT2D eigenvalue weighted by molar-refractivity contribution is -0.141. The molecule has 0 saturated heterocycles. The number of halogens is 1. The highest BCUT2D eigenvalue weighted by molar-refractivity contribution is 6.16. The van der Waals surface area contributed by atoms with Gasteiger partial charge in [0, 0.05) is 16.8 Å². The van der Waals surface area contributed by atoms with Crippen molar-refractivity contribution in [1.82, 2.24) is 5.32 Å². The molecule has 3 rings (SSSR count). The van der Waals surface area contributed by atoms with Gasteiger partial charge in [0.1, 0.15) is 24.1 Å². The molecular weight excluding hydrogens is 413 g/mol. The van der Waals surface area contributed by atoms with Gasteiger partial charge in [0.15, 0.2) is 0 Å². The maximum absolute atomic E-state index is 14.7. The number of carbonyl (C=O) groups excluding carboxylic acids is 2. The molecule has 1 aliphatic heterocycles. The van der Waals surface area contributed by atoms with Crippen molar-refractivity contribution >= 4 is 23.5 Å². The fourth-order valence-corrected chi connectivity index (χ4v) is 3.42. The van der Waals surface area contributed by atoms with E-state index in [9.17, 15) is 14.0 Å². The zero-order valence-corrected chi connectivity index (χ0v) is 18.7. The second-order valence-electron chi connectivity index (χ2n) is 8.32. The molecule has 32 heavy (non-hydrogen) atoms. The number of hydrogen-bond donors (Lipinski definition) is 1. The highest BCUT2D eigenvalue weighted by Gasteiger charge is 2.29. The summed E-state index contributed by atoms with van der Waals surface area (Å²) in [6.07, 6.45) is -1.44. The number of anilines is 1. The molecule has 0 radical (unpaired) electrons. The van der Waals surface area contributed by atoms with E-state index in [4.69, 9.17) is 14.5 Å². The number of benzene rings is 2. The van der Waals surface area contributed by atoms with Crippen LogP contribution in [0.5, 0.6) is 0 Å². The van der Waals surface area contributed by atoms with Crippen molar-refractivity contribution in [2.75, 3.05) is 24.6 Å². The van der Waals surface area contributed by atoms with Gasteiger partial charge >= 0.3 is 12.1 Å². The third-order valence-corrected chi connectivity index (χ3v) is 4.62. The SMILES string of the molecule is CCOC(=O)CN1CC(NC(=O)OC(C)(C)C)N=C(c2ccccc2F)c2ccccc21. The molecule has 1 unspecified atom stereocenters. The molecule has 0 spiro atoms. The predicted octanol–water partition coefficient (Wildman–Crippen LogP) is 3.90. The number of alkyl carbamates (subject to hydrolysis) is 1. The summed E-state index contributed by atoms with van der Waals surface area (Å²) in [6, 6.07) is 13.6. The molecule has 0 bridgehead atoms. The number of hydrogen-bond acceptors (Lipinski definition) is 6. The predicted molar refractivity (Wildman–Crippen MR) is 120 cm³/mol. The van der Waals surface area contributed by atoms with E-state index in [-0.39, 0.29) is 19.7 Å². The number of nitrogens with one attached hydrogen (secondary N) is 1. The molecule has 170 valence electrons. The lowest BCUT2D eigenvalue weighted by atomic mass is 10.00. The molecule has 2 aromatic carbocycles. The molecule has 1 heterocycles. The van der Waals surface area contributed by atoms with Crippen molar-refractivity contribution in [2.24, 2.45) is 4.99 Å². The highest BCUT2D eigenvalue weighted by Crippen LogP contribution is 2.28. The Labute approximate surface area is 187 Å². The lowest BCUT2D eigenvalue weighted by Gasteiger charge is -2.27. The zero-order chi connectivity index (χ0) is 23.3. The van der Waals surface area contributed by atoms with E-state index in [1.807, 2.05) is 24.3 Å². The molecule has 1 N–H and O–H groups in total. The molecule has 2 aromatic rings. The first kappa shape index (κ1) is 23.2. The van der Waals surface area contributed by atoms with Gasteiger partial charge in [-0.05, 0) is 45.9 Å². The van der Waals surface area contributed by atoms with Crippen LogP contribution in [0.15, 0.2) is 53.5 Å². The number of ether oxygens (including phenoxy) is 2. The van der Waals surface area contributed by atoms with Gasteiger partial charge in [0.05, 0.1) is 18.9 Å². The minimum absolute atomic E-state index is 0.0442. The fraction of sp³-hybridized carbons (Fsp3) is 0.375. The molecular formula is C24H28FN3O4. The molecule has 1 atom stereocenters. The van der Waals surface area contributed by atoms with Crippen LogP contribution in [0.3, 0.4) is 0 Å². The van der Waals surface area contributed by atoms with Gasteiger partial charge in [-0.1, -0.05) is 30.3 Å². The average Bonchev–Trinajstić information content (AvgIpc) is 2.84. The Morgan fingerprint density at radius 1 is 1.12 bits per heavy atom. The molecule has 1 aliphatic rings. The summed E-state index contributed by atoms with van der Waals surface area (Å²) in [7, 11) is 0. The number of para-hydroxylation sites is 1. The molecule has 0 aliphatic carbocycles. The number of nitrogens with zero attached hydrogens (tertiary/aromatic N) is 2. The lowest BCUT2D eigenvalue weighted by Crippen LogP contribution is -2.45. The average molecular weight is 442 g/mol. The number of fused-ring (bicyclic) bond motifs is 1. The second kappa shape index (κ2) is 9.80. The van der Waals surface area contributed by atoms with Crippen molar-refractivity contribution in [1.29, 1.82) is 0 Å². The number of aliphatic imine (C=N–C) groups is 1. The standard InChI is InChI=1S/C24H28FN3O4/c1-5-31-21(29)15-28-14-20(27-23(30)32-24(2,3)4)26-22(16-10-6-8-12-18(16)25)17-11-7-9-13-19(17)28/h6-13,20H,5,14-15H2,1-4H3,(H,27,30). The third kappa shape index (κ3) is 5.84. The number of carbonyl (C=O) groups is 2. The van der Waals surface area contributed by atoms with E-state index in [0.29, 0.717) is 22.5 Å². The van der Waals surface area contributed by atoms with E-state index in [2.05, 4.69) is 5.32 Å². The number of amides is 1. The van der Waals surface area contributed by atoms with Crippen LogP contribution in [-0.2, 0) is 14.3 Å². The first-order valence-electron chi connectivity index (χ1n) is 10.5. The van der Waals surface area contributed by atoms with E-state index >= 15 is 0 Å². The van der Waals surface area contributed by atoms with Crippen LogP contribution in [0.4, 0.5) is 14.9 Å². The van der Waals surface area contributed by atoms with Gasteiger partial charge in [-0.2, -0.15) is 0 Å². The maximum atomic E-state index is 14.7. The van der Waals surface area contributed by atoms with Crippen LogP contribution in [0.25, 0.3) is 0 Å². The normalized spacial score (nSPS) is 15.8. The van der Waals surface area contributed by atoms with Gasteiger partial charge in [0.25, 0.3) is 0 Å². The first-order valence-corrected chi connectivity index (χ1v) is 10.5. The molecule has 0 aromatic heterocycles. The van der Waals surface area contributed by atoms with Crippen LogP contribution in [0.1, 0.15) is 38.8 Å². The van der Waals surface area contributed by atoms with Crippen LogP contribution in [-0.4, -0.2) is 49.2 Å². The smallest absolute Gasteiger partial charge is 0.409 e. The Hall–Kier alpha value is -3.42. The third-order valence-electron chi connectivity index (χ3n) is 4.62. The fourth-order valence-electron chi connectivity index (χ4n) is 3.42. The Morgan fingerprint density at radius 3 is 2.44 bits per heavy atom. The van der Waals surface area contributed by atoms with Gasteiger partial charge in [0.2, 0.25) is 0 Å². The van der Waals surface area contributed by atoms with Crippen LogP contribution in [0.2, 0.25) is 0 Å². The van der Waals surface area contributed by atoms with Gasteiger partial charge < -0.3 is 14.4 Å². The highest BCUT2D eigenvalue weighted by atomic mass is 19.1. The minimum Gasteiger partial charge on any atom is -0.465 e. The summed E-state index contributed by atoms with van der Waals surface area (Å²) in [5.74, 6) is -0.844. The van der Waals surface area contributed by atoms with E-state index in [1.165, 1.54) is 6.07 Å². The van der Waals surface area contributed by atoms with E-state index in [0.717, 1.165) is 0 Å². The number of rotatable bonds is 5. The zero-order valence-electron chi connectivity index (χ0n) is 18.7. The summed E-state index contributed by atoms with van der Waals surface area (Å²) in [5, 5.41) is 2.74. The van der Waals surface area contributed by atoms with Crippen molar-refractivity contribution < 1.29 is 23.5 Å². The van der Waals surface area contributed by atoms with Gasteiger partial charge in [-0.25, -0.2) is 9.18 Å². The summed E-state index contributed by atoms with van der Waals surface area (Å²) in [4.78, 5) is 31.2. The van der Waals surface area contributed by atoms with E-state index < -0.39 is 29.6 Å². The molecule has 0 fully saturated rings. The molecule has 0 saturated carbocycles. The largest absolute Gasteiger partial charge is 0.465 e. The summed E-state index contributed by atoms with van der Waals surface area (Å²) in [5.41, 5.74) is 1.33. The second-order valence-corrected chi connectivity index (χ2v) is 8.32. The Kier molecular flexibility index (Phi) is 7.12. The van der Waals surface area contributed by atoms with E-state index in [1.54, 1.807) is 50.8 Å². The quantitative estimate of drug-likeness (QED) is 0.712. The Morgan fingerprint density at radius 2 is 1.78 bits per heavy atom. The number of benzodiazepines with no additional fused rings is 1. The number of esters is 1. The maximum Gasteiger partial charge on any atom is 0.409 e. The summed E-state index contributed by atoms with van der Waals surface area (Å²) < 4.78 is 25.2. The molecule has 7 nitrogen and oxygen atoms in total. The van der Waals surface area contributed by atoms with Crippen molar-refractivity contribution in [3.05, 3.63) is 65.5 Å². The van der Waals surface area contributed by atoms with Gasteiger partial charge in [-0.15, -0.1) is 0 Å². The molecule has 8 heteroatoms. The van der Waals surface area contributed by atoms with Crippen LogP contribution >= 0.6 is 0 Å². The van der Waals surface area contributed by atoms with Crippen molar-refractivity contribution in [2.45, 2.75) is 39.5 Å². The van der Waals surface area contributed by atoms with Crippen molar-refractivity contribution in [3.8, 4) is 0 Å². The topological polar surface area (TPSA) is 80.2 Å². The van der Waals surface area contributed by atoms with Crippen LogP contribution < -0.4 is 10.2 Å². The van der Waals surface area contributed by atoms with Crippen molar-refractivity contribution in [3.63, 3.8) is 0 Å². The minimum atomic E-state index is -0.790. The Balaban J connectivity index is 2.05. The van der Waals surface area contributed by atoms with Crippen LogP contribution in [0, 0.1) is 5.82 Å².